The number of aliphatic hydroxyl groups is 1. The lowest BCUT2D eigenvalue weighted by atomic mass is 10.0. The molecule has 1 unspecified atom stereocenters. The van der Waals surface area contributed by atoms with Crippen LogP contribution in [0, 0.1) is 19.8 Å². The Morgan fingerprint density at radius 2 is 2.17 bits per heavy atom. The molecular formula is C17H27N5O2. The molecule has 0 saturated heterocycles. The van der Waals surface area contributed by atoms with Crippen LogP contribution in [-0.4, -0.2) is 44.1 Å². The molecule has 3 N–H and O–H groups in total. The first-order chi connectivity index (χ1) is 11.5. The van der Waals surface area contributed by atoms with Gasteiger partial charge in [0.25, 0.3) is 5.91 Å². The lowest BCUT2D eigenvalue weighted by Crippen LogP contribution is -2.30. The summed E-state index contributed by atoms with van der Waals surface area (Å²) >= 11 is 0. The number of carbonyl (C=O) groups excluding carboxylic acids is 1. The summed E-state index contributed by atoms with van der Waals surface area (Å²) in [6, 6.07) is 1.76. The highest BCUT2D eigenvalue weighted by molar-refractivity contribution is 5.93. The van der Waals surface area contributed by atoms with Gasteiger partial charge in [-0.2, -0.15) is 10.2 Å². The summed E-state index contributed by atoms with van der Waals surface area (Å²) in [4.78, 5) is 12.3. The molecule has 2 aromatic rings. The molecule has 7 heteroatoms. The van der Waals surface area contributed by atoms with Crippen LogP contribution in [0.25, 0.3) is 11.3 Å². The van der Waals surface area contributed by atoms with E-state index < -0.39 is 0 Å². The van der Waals surface area contributed by atoms with E-state index in [9.17, 15) is 4.79 Å². The number of amides is 1. The lowest BCUT2D eigenvalue weighted by Gasteiger charge is -2.15. The van der Waals surface area contributed by atoms with Crippen molar-refractivity contribution in [3.8, 4) is 11.3 Å². The maximum absolute atomic E-state index is 12.3. The van der Waals surface area contributed by atoms with Gasteiger partial charge in [-0.15, -0.1) is 0 Å². The van der Waals surface area contributed by atoms with Crippen molar-refractivity contribution in [1.82, 2.24) is 25.3 Å². The molecule has 2 aromatic heterocycles. The van der Waals surface area contributed by atoms with Crippen molar-refractivity contribution >= 4 is 5.91 Å². The molecule has 0 aliphatic carbocycles. The zero-order valence-electron chi connectivity index (χ0n) is 14.9. The molecule has 0 radical (unpaired) electrons. The zero-order chi connectivity index (χ0) is 17.7. The molecule has 0 saturated carbocycles. The van der Waals surface area contributed by atoms with Gasteiger partial charge in [0.15, 0.2) is 0 Å². The Kier molecular flexibility index (Phi) is 6.14. The van der Waals surface area contributed by atoms with Gasteiger partial charge in [-0.1, -0.05) is 13.3 Å². The summed E-state index contributed by atoms with van der Waals surface area (Å²) < 4.78 is 1.81. The number of carbonyl (C=O) groups is 1. The van der Waals surface area contributed by atoms with Gasteiger partial charge in [0, 0.05) is 31.5 Å². The number of nitrogens with zero attached hydrogens (tertiary/aromatic N) is 3. The van der Waals surface area contributed by atoms with Crippen molar-refractivity contribution < 1.29 is 9.90 Å². The van der Waals surface area contributed by atoms with Crippen LogP contribution in [0.2, 0.25) is 0 Å². The number of hydrogen-bond acceptors (Lipinski definition) is 4. The third kappa shape index (κ3) is 4.03. The summed E-state index contributed by atoms with van der Waals surface area (Å²) in [5.41, 5.74) is 4.02. The maximum atomic E-state index is 12.3. The summed E-state index contributed by atoms with van der Waals surface area (Å²) in [5, 5.41) is 23.5. The third-order valence-electron chi connectivity index (χ3n) is 4.37. The maximum Gasteiger partial charge on any atom is 0.269 e. The summed E-state index contributed by atoms with van der Waals surface area (Å²) in [5.74, 6) is 0.126. The molecule has 1 atom stereocenters. The number of nitrogens with one attached hydrogen (secondary N) is 2. The zero-order valence-corrected chi connectivity index (χ0v) is 14.9. The molecule has 2 rings (SSSR count). The monoisotopic (exact) mass is 333 g/mol. The average molecular weight is 333 g/mol. The second-order valence-corrected chi connectivity index (χ2v) is 6.21. The minimum atomic E-state index is -0.174. The predicted molar refractivity (Wildman–Crippen MR) is 92.7 cm³/mol. The van der Waals surface area contributed by atoms with Gasteiger partial charge in [0.2, 0.25) is 0 Å². The Labute approximate surface area is 142 Å². The summed E-state index contributed by atoms with van der Waals surface area (Å²) in [7, 11) is 1.89. The molecule has 0 fully saturated rings. The summed E-state index contributed by atoms with van der Waals surface area (Å²) in [6.45, 7) is 6.72. The van der Waals surface area contributed by atoms with Crippen LogP contribution >= 0.6 is 0 Å². The van der Waals surface area contributed by atoms with Crippen molar-refractivity contribution in [2.45, 2.75) is 40.0 Å². The Bertz CT molecular complexity index is 683. The number of hydrogen-bond donors (Lipinski definition) is 3. The molecule has 0 spiro atoms. The van der Waals surface area contributed by atoms with Crippen molar-refractivity contribution in [3.05, 3.63) is 23.1 Å². The number of aliphatic hydroxyl groups excluding tert-OH is 1. The van der Waals surface area contributed by atoms with Gasteiger partial charge < -0.3 is 10.4 Å². The van der Waals surface area contributed by atoms with Gasteiger partial charge in [-0.25, -0.2) is 0 Å². The van der Waals surface area contributed by atoms with E-state index >= 15 is 0 Å². The Balaban J connectivity index is 2.06. The average Bonchev–Trinajstić information content (AvgIpc) is 3.10. The topological polar surface area (TPSA) is 95.8 Å². The molecule has 0 aromatic carbocycles. The van der Waals surface area contributed by atoms with Crippen molar-refractivity contribution in [2.24, 2.45) is 13.0 Å². The number of H-pyrrole nitrogens is 1. The molecule has 1 amide bonds. The minimum absolute atomic E-state index is 0.147. The highest BCUT2D eigenvalue weighted by Gasteiger charge is 2.17. The van der Waals surface area contributed by atoms with E-state index in [2.05, 4.69) is 27.5 Å². The molecule has 24 heavy (non-hydrogen) atoms. The Morgan fingerprint density at radius 3 is 2.75 bits per heavy atom. The molecule has 132 valence electrons. The van der Waals surface area contributed by atoms with Crippen molar-refractivity contribution in [1.29, 1.82) is 0 Å². The standard InChI is InChI=1S/C17H27N5O2/c1-5-6-13(7-8-23)10-18-17(24)15-9-14(19-20-15)16-11(2)21-22(4)12(16)3/h9,13,23H,5-8,10H2,1-4H3,(H,18,24)(H,19,20). The SMILES string of the molecule is CCCC(CCO)CNC(=O)c1cc(-c2c(C)nn(C)c2C)n[nH]1. The smallest absolute Gasteiger partial charge is 0.269 e. The van der Waals surface area contributed by atoms with Crippen LogP contribution in [0.5, 0.6) is 0 Å². The van der Waals surface area contributed by atoms with Gasteiger partial charge in [0.1, 0.15) is 5.69 Å². The third-order valence-corrected chi connectivity index (χ3v) is 4.37. The van der Waals surface area contributed by atoms with E-state index in [0.29, 0.717) is 24.6 Å². The fourth-order valence-corrected chi connectivity index (χ4v) is 2.98. The lowest BCUT2D eigenvalue weighted by molar-refractivity contribution is 0.0938. The van der Waals surface area contributed by atoms with Gasteiger partial charge in [-0.3, -0.25) is 14.6 Å². The normalized spacial score (nSPS) is 12.4. The second kappa shape index (κ2) is 8.10. The van der Waals surface area contributed by atoms with Crippen LogP contribution in [-0.2, 0) is 7.05 Å². The van der Waals surface area contributed by atoms with E-state index in [1.807, 2.05) is 25.6 Å². The van der Waals surface area contributed by atoms with Gasteiger partial charge >= 0.3 is 0 Å². The molecule has 7 nitrogen and oxygen atoms in total. The minimum Gasteiger partial charge on any atom is -0.396 e. The highest BCUT2D eigenvalue weighted by atomic mass is 16.3. The van der Waals surface area contributed by atoms with E-state index in [1.54, 1.807) is 6.07 Å². The van der Waals surface area contributed by atoms with E-state index in [-0.39, 0.29) is 12.5 Å². The van der Waals surface area contributed by atoms with E-state index in [1.165, 1.54) is 0 Å². The quantitative estimate of drug-likeness (QED) is 0.688. The van der Waals surface area contributed by atoms with Crippen LogP contribution in [0.4, 0.5) is 0 Å². The van der Waals surface area contributed by atoms with E-state index in [4.69, 9.17) is 5.11 Å². The number of aromatic amines is 1. The number of rotatable bonds is 8. The first kappa shape index (κ1) is 18.2. The van der Waals surface area contributed by atoms with Crippen LogP contribution in [0.1, 0.15) is 48.1 Å². The molecule has 0 bridgehead atoms. The Hall–Kier alpha value is -2.15. The van der Waals surface area contributed by atoms with Gasteiger partial charge in [-0.05, 0) is 38.7 Å². The Morgan fingerprint density at radius 1 is 1.42 bits per heavy atom. The first-order valence-electron chi connectivity index (χ1n) is 8.42. The number of aromatic nitrogens is 4. The largest absolute Gasteiger partial charge is 0.396 e. The first-order valence-corrected chi connectivity index (χ1v) is 8.42. The molecule has 0 aliphatic rings. The fraction of sp³-hybridized carbons (Fsp3) is 0.588. The second-order valence-electron chi connectivity index (χ2n) is 6.21. The molecule has 0 aliphatic heterocycles. The number of aryl methyl sites for hydroxylation is 2. The summed E-state index contributed by atoms with van der Waals surface area (Å²) in [6.07, 6.45) is 2.73. The van der Waals surface area contributed by atoms with E-state index in [0.717, 1.165) is 35.5 Å². The highest BCUT2D eigenvalue weighted by Crippen LogP contribution is 2.25. The van der Waals surface area contributed by atoms with Crippen LogP contribution in [0.15, 0.2) is 6.07 Å². The van der Waals surface area contributed by atoms with Crippen molar-refractivity contribution in [2.75, 3.05) is 13.2 Å². The van der Waals surface area contributed by atoms with Gasteiger partial charge in [0.05, 0.1) is 11.4 Å². The van der Waals surface area contributed by atoms with Crippen LogP contribution < -0.4 is 5.32 Å². The molecular weight excluding hydrogens is 306 g/mol. The van der Waals surface area contributed by atoms with Crippen molar-refractivity contribution in [3.63, 3.8) is 0 Å². The predicted octanol–water partition coefficient (Wildman–Crippen LogP) is 1.96. The van der Waals surface area contributed by atoms with Crippen LogP contribution in [0.3, 0.4) is 0 Å². The molecule has 2 heterocycles. The fourth-order valence-electron chi connectivity index (χ4n) is 2.98.